The Kier molecular flexibility index (Phi) is 4.19. The summed E-state index contributed by atoms with van der Waals surface area (Å²) in [7, 11) is 0. The minimum Gasteiger partial charge on any atom is -0.302 e. The van der Waals surface area contributed by atoms with Crippen LogP contribution in [0.4, 0.5) is 0 Å². The molecule has 0 bridgehead atoms. The average molecular weight is 260 g/mol. The van der Waals surface area contributed by atoms with E-state index >= 15 is 0 Å². The second-order valence-electron chi connectivity index (χ2n) is 4.58. The van der Waals surface area contributed by atoms with E-state index in [0.29, 0.717) is 13.2 Å². The number of aldehydes is 1. The first-order valence-electron chi connectivity index (χ1n) is 6.20. The van der Waals surface area contributed by atoms with Crippen LogP contribution in [-0.2, 0) is 14.4 Å². The molecule has 1 aliphatic heterocycles. The topological polar surface area (TPSA) is 66.5 Å². The Balaban J connectivity index is 2.17. The van der Waals surface area contributed by atoms with Crippen molar-refractivity contribution in [3.8, 4) is 0 Å². The smallest absolute Gasteiger partial charge is 0.262 e. The zero-order chi connectivity index (χ0) is 13.8. The van der Waals surface area contributed by atoms with Crippen molar-refractivity contribution in [3.05, 3.63) is 35.9 Å². The highest BCUT2D eigenvalue weighted by Crippen LogP contribution is 2.24. The van der Waals surface area contributed by atoms with E-state index in [0.717, 1.165) is 5.56 Å². The lowest BCUT2D eigenvalue weighted by atomic mass is 10.0. The van der Waals surface area contributed by atoms with Gasteiger partial charge in [0.15, 0.2) is 6.29 Å². The van der Waals surface area contributed by atoms with Gasteiger partial charge in [0.2, 0.25) is 5.78 Å². The minimum atomic E-state index is -0.959. The van der Waals surface area contributed by atoms with E-state index in [1.54, 1.807) is 0 Å². The molecule has 1 N–H and O–H groups in total. The lowest BCUT2D eigenvalue weighted by molar-refractivity contribution is -0.142. The molecule has 0 amide bonds. The number of Topliss-reactive ketones (excluding diaryl/α,β-unsaturated/α-hetero) is 2. The number of nitrogens with one attached hydrogen (secondary N) is 1. The molecule has 0 radical (unpaired) electrons. The van der Waals surface area contributed by atoms with E-state index in [4.69, 9.17) is 0 Å². The first-order chi connectivity index (χ1) is 9.15. The lowest BCUT2D eigenvalue weighted by Gasteiger charge is -2.28. The van der Waals surface area contributed by atoms with Gasteiger partial charge in [-0.05, 0) is 12.5 Å². The van der Waals surface area contributed by atoms with E-state index in [2.05, 4.69) is 5.32 Å². The third-order valence-corrected chi connectivity index (χ3v) is 3.46. The quantitative estimate of drug-likeness (QED) is 0.469. The molecule has 0 aromatic heterocycles. The third-order valence-electron chi connectivity index (χ3n) is 3.46. The molecule has 0 saturated carbocycles. The Morgan fingerprint density at radius 1 is 1.37 bits per heavy atom. The van der Waals surface area contributed by atoms with Gasteiger partial charge in [0.05, 0.1) is 6.04 Å². The second-order valence-corrected chi connectivity index (χ2v) is 4.58. The van der Waals surface area contributed by atoms with Crippen LogP contribution in [0.2, 0.25) is 0 Å². The monoisotopic (exact) mass is 260 g/mol. The normalized spacial score (nSPS) is 21.0. The van der Waals surface area contributed by atoms with E-state index in [-0.39, 0.29) is 12.3 Å². The first kappa shape index (κ1) is 13.6. The zero-order valence-corrected chi connectivity index (χ0v) is 10.7. The summed E-state index contributed by atoms with van der Waals surface area (Å²) in [5, 5.41) is 3.07. The Morgan fingerprint density at radius 3 is 2.68 bits per heavy atom. The Bertz CT molecular complexity index is 487. The maximum atomic E-state index is 11.9. The van der Waals surface area contributed by atoms with Gasteiger partial charge in [-0.15, -0.1) is 0 Å². The van der Waals surface area contributed by atoms with E-state index in [1.807, 2.05) is 42.2 Å². The van der Waals surface area contributed by atoms with Crippen LogP contribution in [0.5, 0.6) is 0 Å². The molecule has 1 fully saturated rings. The largest absolute Gasteiger partial charge is 0.302 e. The van der Waals surface area contributed by atoms with Gasteiger partial charge in [-0.3, -0.25) is 19.3 Å². The predicted octanol–water partition coefficient (Wildman–Crippen LogP) is 0.316. The summed E-state index contributed by atoms with van der Waals surface area (Å²) in [5.74, 6) is -1.60. The van der Waals surface area contributed by atoms with Crippen LogP contribution >= 0.6 is 0 Å². The van der Waals surface area contributed by atoms with Crippen LogP contribution in [0.1, 0.15) is 18.5 Å². The van der Waals surface area contributed by atoms with Gasteiger partial charge in [0.1, 0.15) is 0 Å². The summed E-state index contributed by atoms with van der Waals surface area (Å²) in [6.07, 6.45) is 0.0893. The van der Waals surface area contributed by atoms with Crippen molar-refractivity contribution < 1.29 is 14.4 Å². The highest BCUT2D eigenvalue weighted by atomic mass is 16.2. The maximum absolute atomic E-state index is 11.9. The molecule has 1 saturated heterocycles. The second kappa shape index (κ2) is 5.86. The fourth-order valence-electron chi connectivity index (χ4n) is 2.35. The molecular formula is C14H16N2O3. The molecule has 19 heavy (non-hydrogen) atoms. The molecule has 1 heterocycles. The summed E-state index contributed by atoms with van der Waals surface area (Å²) < 4.78 is 0. The van der Waals surface area contributed by atoms with Crippen LogP contribution < -0.4 is 5.32 Å². The molecule has 1 aromatic carbocycles. The summed E-state index contributed by atoms with van der Waals surface area (Å²) in [5.41, 5.74) is 1.07. The van der Waals surface area contributed by atoms with Crippen molar-refractivity contribution in [2.24, 2.45) is 0 Å². The number of nitrogens with zero attached hydrogens (tertiary/aromatic N) is 1. The number of rotatable bonds is 5. The van der Waals surface area contributed by atoms with Crippen molar-refractivity contribution in [2.45, 2.75) is 19.0 Å². The molecule has 0 aliphatic carbocycles. The van der Waals surface area contributed by atoms with Crippen LogP contribution in [0.3, 0.4) is 0 Å². The number of benzene rings is 1. The van der Waals surface area contributed by atoms with E-state index in [9.17, 15) is 14.4 Å². The van der Waals surface area contributed by atoms with Crippen LogP contribution in [-0.4, -0.2) is 42.0 Å². The van der Waals surface area contributed by atoms with Gasteiger partial charge in [-0.25, -0.2) is 0 Å². The average Bonchev–Trinajstić information content (AvgIpc) is 2.95. The number of hydrogen-bond donors (Lipinski definition) is 1. The van der Waals surface area contributed by atoms with Gasteiger partial charge in [0.25, 0.3) is 5.78 Å². The fraction of sp³-hybridized carbons (Fsp3) is 0.357. The first-order valence-corrected chi connectivity index (χ1v) is 6.20. The SMILES string of the molecule is C[C@H](c1ccccc1)N1CNCC1C(=O)C(=O)C=O. The summed E-state index contributed by atoms with van der Waals surface area (Å²) in [4.78, 5) is 35.4. The van der Waals surface area contributed by atoms with Crippen molar-refractivity contribution in [1.29, 1.82) is 0 Å². The van der Waals surface area contributed by atoms with Crippen molar-refractivity contribution in [2.75, 3.05) is 13.2 Å². The van der Waals surface area contributed by atoms with Crippen LogP contribution in [0, 0.1) is 0 Å². The molecule has 1 aliphatic rings. The van der Waals surface area contributed by atoms with E-state index in [1.165, 1.54) is 0 Å². The predicted molar refractivity (Wildman–Crippen MR) is 69.4 cm³/mol. The Morgan fingerprint density at radius 2 is 2.05 bits per heavy atom. The Labute approximate surface area is 111 Å². The third kappa shape index (κ3) is 2.77. The maximum Gasteiger partial charge on any atom is 0.262 e. The van der Waals surface area contributed by atoms with Crippen molar-refractivity contribution >= 4 is 17.9 Å². The molecule has 1 unspecified atom stereocenters. The van der Waals surface area contributed by atoms with Crippen molar-refractivity contribution in [1.82, 2.24) is 10.2 Å². The zero-order valence-electron chi connectivity index (χ0n) is 10.7. The van der Waals surface area contributed by atoms with Gasteiger partial charge in [0, 0.05) is 19.3 Å². The highest BCUT2D eigenvalue weighted by molar-refractivity contribution is 6.59. The standard InChI is InChI=1S/C14H16N2O3/c1-10(11-5-3-2-4-6-11)16-9-15-7-12(16)14(19)13(18)8-17/h2-6,8,10,12,15H,7,9H2,1H3/t10-,12?/m1/s1. The van der Waals surface area contributed by atoms with Gasteiger partial charge < -0.3 is 5.32 Å². The van der Waals surface area contributed by atoms with Crippen LogP contribution in [0.25, 0.3) is 0 Å². The molecule has 5 heteroatoms. The number of carbonyl (C=O) groups is 3. The molecule has 2 atom stereocenters. The van der Waals surface area contributed by atoms with Crippen molar-refractivity contribution in [3.63, 3.8) is 0 Å². The summed E-state index contributed by atoms with van der Waals surface area (Å²) >= 11 is 0. The van der Waals surface area contributed by atoms with Gasteiger partial charge in [-0.1, -0.05) is 30.3 Å². The molecule has 1 aromatic rings. The fourth-order valence-corrected chi connectivity index (χ4v) is 2.35. The Hall–Kier alpha value is -1.85. The van der Waals surface area contributed by atoms with Gasteiger partial charge in [-0.2, -0.15) is 0 Å². The molecule has 0 spiro atoms. The summed E-state index contributed by atoms with van der Waals surface area (Å²) in [6, 6.07) is 9.19. The molecule has 2 rings (SSSR count). The number of ketones is 2. The lowest BCUT2D eigenvalue weighted by Crippen LogP contribution is -2.43. The molecule has 100 valence electrons. The minimum absolute atomic E-state index is 0.00426. The van der Waals surface area contributed by atoms with E-state index < -0.39 is 17.6 Å². The summed E-state index contributed by atoms with van der Waals surface area (Å²) in [6.45, 7) is 2.90. The molecule has 5 nitrogen and oxygen atoms in total. The molecular weight excluding hydrogens is 244 g/mol. The number of carbonyl (C=O) groups excluding carboxylic acids is 3. The van der Waals surface area contributed by atoms with Crippen LogP contribution in [0.15, 0.2) is 30.3 Å². The number of hydrogen-bond acceptors (Lipinski definition) is 5. The van der Waals surface area contributed by atoms with Gasteiger partial charge >= 0.3 is 0 Å². The highest BCUT2D eigenvalue weighted by Gasteiger charge is 2.36.